The van der Waals surface area contributed by atoms with E-state index in [1.54, 1.807) is 0 Å². The third kappa shape index (κ3) is 3.17. The van der Waals surface area contributed by atoms with Crippen LogP contribution in [-0.2, 0) is 10.3 Å². The molecule has 0 spiro atoms. The van der Waals surface area contributed by atoms with Crippen molar-refractivity contribution in [1.29, 1.82) is 0 Å². The zero-order valence-electron chi connectivity index (χ0n) is 10.8. The number of hydrogen-bond acceptors (Lipinski definition) is 4. The highest BCUT2D eigenvalue weighted by Gasteiger charge is 2.24. The van der Waals surface area contributed by atoms with Gasteiger partial charge in [-0.15, -0.1) is 0 Å². The molecule has 0 atom stereocenters. The van der Waals surface area contributed by atoms with E-state index >= 15 is 0 Å². The molecule has 0 unspecified atom stereocenters. The molecular formula is C12H21N3O. The monoisotopic (exact) mass is 223 g/mol. The summed E-state index contributed by atoms with van der Waals surface area (Å²) in [5.74, 6) is 1.59. The number of ether oxygens (including phenoxy) is 1. The predicted octanol–water partition coefficient (Wildman–Crippen LogP) is 2.49. The molecule has 0 aliphatic carbocycles. The van der Waals surface area contributed by atoms with Gasteiger partial charge in [0.15, 0.2) is 5.82 Å². The Morgan fingerprint density at radius 3 is 2.56 bits per heavy atom. The van der Waals surface area contributed by atoms with Gasteiger partial charge in [-0.05, 0) is 34.6 Å². The lowest BCUT2D eigenvalue weighted by Gasteiger charge is -2.23. The Labute approximate surface area is 97.5 Å². The zero-order valence-corrected chi connectivity index (χ0v) is 10.8. The highest BCUT2D eigenvalue weighted by atomic mass is 16.5. The fourth-order valence-corrected chi connectivity index (χ4v) is 1.53. The van der Waals surface area contributed by atoms with E-state index in [-0.39, 0.29) is 0 Å². The van der Waals surface area contributed by atoms with Crippen LogP contribution in [0, 0.1) is 6.92 Å². The third-order valence-corrected chi connectivity index (χ3v) is 2.26. The van der Waals surface area contributed by atoms with Crippen LogP contribution in [0.5, 0.6) is 0 Å². The van der Waals surface area contributed by atoms with Crippen LogP contribution in [0.1, 0.15) is 39.2 Å². The van der Waals surface area contributed by atoms with Crippen LogP contribution in [0.15, 0.2) is 6.07 Å². The summed E-state index contributed by atoms with van der Waals surface area (Å²) in [6.07, 6.45) is 0. The summed E-state index contributed by atoms with van der Waals surface area (Å²) < 4.78 is 5.65. The Kier molecular flexibility index (Phi) is 4.24. The molecule has 1 heterocycles. The Balaban J connectivity index is 3.03. The van der Waals surface area contributed by atoms with E-state index in [0.29, 0.717) is 6.61 Å². The van der Waals surface area contributed by atoms with Crippen LogP contribution in [0.3, 0.4) is 0 Å². The van der Waals surface area contributed by atoms with E-state index in [1.165, 1.54) is 0 Å². The van der Waals surface area contributed by atoms with Gasteiger partial charge in [0.25, 0.3) is 0 Å². The Hall–Kier alpha value is -1.16. The molecule has 1 N–H and O–H groups in total. The van der Waals surface area contributed by atoms with Gasteiger partial charge >= 0.3 is 0 Å². The minimum Gasteiger partial charge on any atom is -0.370 e. The quantitative estimate of drug-likeness (QED) is 0.833. The summed E-state index contributed by atoms with van der Waals surface area (Å²) in [7, 11) is 0. The molecule has 0 saturated carbocycles. The van der Waals surface area contributed by atoms with Crippen LogP contribution in [0.25, 0.3) is 0 Å². The number of anilines is 1. The van der Waals surface area contributed by atoms with Crippen molar-refractivity contribution in [3.8, 4) is 0 Å². The van der Waals surface area contributed by atoms with Crippen molar-refractivity contribution in [3.05, 3.63) is 17.6 Å². The standard InChI is InChI=1S/C12H21N3O/c1-6-13-10-8-9(3)14-11(15-10)12(4,5)16-7-2/h8H,6-7H2,1-5H3,(H,13,14,15). The average Bonchev–Trinajstić information content (AvgIpc) is 2.17. The van der Waals surface area contributed by atoms with E-state index in [9.17, 15) is 0 Å². The highest BCUT2D eigenvalue weighted by molar-refractivity contribution is 5.36. The van der Waals surface area contributed by atoms with Gasteiger partial charge in [-0.1, -0.05) is 0 Å². The summed E-state index contributed by atoms with van der Waals surface area (Å²) in [5, 5.41) is 3.20. The Morgan fingerprint density at radius 2 is 2.00 bits per heavy atom. The summed E-state index contributed by atoms with van der Waals surface area (Å²) in [6, 6.07) is 1.94. The summed E-state index contributed by atoms with van der Waals surface area (Å²) in [4.78, 5) is 8.90. The molecule has 0 amide bonds. The largest absolute Gasteiger partial charge is 0.370 e. The first-order valence-electron chi connectivity index (χ1n) is 5.73. The first-order chi connectivity index (χ1) is 7.49. The van der Waals surface area contributed by atoms with Gasteiger partial charge in [0.05, 0.1) is 0 Å². The molecule has 0 aliphatic rings. The fraction of sp³-hybridized carbons (Fsp3) is 0.667. The topological polar surface area (TPSA) is 47.0 Å². The summed E-state index contributed by atoms with van der Waals surface area (Å²) in [6.45, 7) is 11.5. The smallest absolute Gasteiger partial charge is 0.162 e. The van der Waals surface area contributed by atoms with Crippen molar-refractivity contribution in [2.75, 3.05) is 18.5 Å². The first kappa shape index (κ1) is 12.9. The minimum absolute atomic E-state index is 0.440. The second-order valence-electron chi connectivity index (χ2n) is 4.19. The average molecular weight is 223 g/mol. The minimum atomic E-state index is -0.440. The molecule has 90 valence electrons. The van der Waals surface area contributed by atoms with Gasteiger partial charge in [-0.3, -0.25) is 0 Å². The lowest BCUT2D eigenvalue weighted by molar-refractivity contribution is -0.0208. The van der Waals surface area contributed by atoms with E-state index in [0.717, 1.165) is 23.9 Å². The van der Waals surface area contributed by atoms with E-state index < -0.39 is 5.60 Å². The highest BCUT2D eigenvalue weighted by Crippen LogP contribution is 2.22. The van der Waals surface area contributed by atoms with Crippen LogP contribution in [0.2, 0.25) is 0 Å². The van der Waals surface area contributed by atoms with Crippen molar-refractivity contribution in [3.63, 3.8) is 0 Å². The number of aryl methyl sites for hydroxylation is 1. The second-order valence-corrected chi connectivity index (χ2v) is 4.19. The molecule has 4 nitrogen and oxygen atoms in total. The molecule has 0 aliphatic heterocycles. The molecule has 16 heavy (non-hydrogen) atoms. The fourth-order valence-electron chi connectivity index (χ4n) is 1.53. The molecule has 0 aromatic carbocycles. The molecule has 4 heteroatoms. The van der Waals surface area contributed by atoms with Gasteiger partial charge in [0, 0.05) is 24.9 Å². The number of aromatic nitrogens is 2. The van der Waals surface area contributed by atoms with Crippen molar-refractivity contribution in [2.24, 2.45) is 0 Å². The van der Waals surface area contributed by atoms with Gasteiger partial charge in [0.1, 0.15) is 11.4 Å². The number of nitrogens with zero attached hydrogens (tertiary/aromatic N) is 2. The van der Waals surface area contributed by atoms with E-state index in [2.05, 4.69) is 15.3 Å². The van der Waals surface area contributed by atoms with Crippen LogP contribution in [0.4, 0.5) is 5.82 Å². The van der Waals surface area contributed by atoms with Crippen molar-refractivity contribution >= 4 is 5.82 Å². The first-order valence-corrected chi connectivity index (χ1v) is 5.73. The van der Waals surface area contributed by atoms with E-state index in [1.807, 2.05) is 40.7 Å². The molecule has 1 aromatic heterocycles. The summed E-state index contributed by atoms with van der Waals surface area (Å²) >= 11 is 0. The third-order valence-electron chi connectivity index (χ3n) is 2.26. The van der Waals surface area contributed by atoms with E-state index in [4.69, 9.17) is 4.74 Å². The molecule has 1 rings (SSSR count). The molecule has 1 aromatic rings. The molecule has 0 bridgehead atoms. The van der Waals surface area contributed by atoms with Crippen LogP contribution in [-0.4, -0.2) is 23.1 Å². The van der Waals surface area contributed by atoms with Crippen LogP contribution >= 0.6 is 0 Å². The Morgan fingerprint density at radius 1 is 1.31 bits per heavy atom. The van der Waals surface area contributed by atoms with Crippen molar-refractivity contribution in [1.82, 2.24) is 9.97 Å². The Bertz CT molecular complexity index is 350. The predicted molar refractivity (Wildman–Crippen MR) is 65.6 cm³/mol. The zero-order chi connectivity index (χ0) is 12.2. The maximum atomic E-state index is 5.65. The normalized spacial score (nSPS) is 11.6. The van der Waals surface area contributed by atoms with Gasteiger partial charge in [-0.25, -0.2) is 9.97 Å². The number of hydrogen-bond donors (Lipinski definition) is 1. The van der Waals surface area contributed by atoms with Gasteiger partial charge < -0.3 is 10.1 Å². The maximum absolute atomic E-state index is 5.65. The van der Waals surface area contributed by atoms with Gasteiger partial charge in [-0.2, -0.15) is 0 Å². The lowest BCUT2D eigenvalue weighted by atomic mass is 10.1. The SMILES string of the molecule is CCNc1cc(C)nc(C(C)(C)OCC)n1. The van der Waals surface area contributed by atoms with Gasteiger partial charge in [0.2, 0.25) is 0 Å². The lowest BCUT2D eigenvalue weighted by Crippen LogP contribution is -2.25. The molecule has 0 saturated heterocycles. The molecule has 0 radical (unpaired) electrons. The number of nitrogens with one attached hydrogen (secondary N) is 1. The van der Waals surface area contributed by atoms with Crippen molar-refractivity contribution < 1.29 is 4.74 Å². The summed E-state index contributed by atoms with van der Waals surface area (Å²) in [5.41, 5.74) is 0.513. The second kappa shape index (κ2) is 5.25. The number of rotatable bonds is 5. The molecular weight excluding hydrogens is 202 g/mol. The molecule has 0 fully saturated rings. The maximum Gasteiger partial charge on any atom is 0.162 e. The van der Waals surface area contributed by atoms with Crippen LogP contribution < -0.4 is 5.32 Å². The van der Waals surface area contributed by atoms with Crippen molar-refractivity contribution in [2.45, 2.75) is 40.2 Å².